The molecule has 6 saturated heterocycles. The molecule has 666 valence electrons. The van der Waals surface area contributed by atoms with E-state index < -0.39 is 254 Å². The second-order valence-corrected chi connectivity index (χ2v) is 31.4. The summed E-state index contributed by atoms with van der Waals surface area (Å²) in [5.41, 5.74) is 0. The smallest absolute Gasteiger partial charge is 0.220 e. The largest absolute Gasteiger partial charge is 0.394 e. The van der Waals surface area contributed by atoms with Crippen LogP contribution in [0.5, 0.6) is 0 Å². The fraction of sp³-hybridized carbons (Fsp3) is 0.936. The standard InChI is InChI=1S/C78H141N3O33/c1-5-7-9-11-13-15-17-19-20-21-22-24-26-28-30-32-34-36-54(91)81-46(47(90)35-33-31-29-27-25-23-18-16-14-12-10-8-6-2)43-103-75-64(99)62(97)69(52(41-86)108-75)111-76-65(100)63(98)68(53(42-87)109-76)110-74-56(80-45(4)89)70(58(93)49(38-83)105-74)112-77-67(102)72(60(95)51(40-85)106-77)114-78-66(101)71(59(94)50(39-84)107-78)113-73-55(79-44(3)88)61(96)57(92)48(37-82)104-73/h33,35,46-53,55-78,82-87,90,92-102H,5-32,34,36-43H2,1-4H3,(H,79,88)(H,80,89)(H,81,91)/b35-33+/t46-,47+,48?,49?,50?,51?,52?,53?,55?,56?,57-,58-,59-,60-,61+,62+,63+,64?,65?,66?,67?,68-,69+,70+,71-,72-,73-,74-,75+,76-,77-,78+/m0/s1. The van der Waals surface area contributed by atoms with Crippen LogP contribution in [0.1, 0.15) is 220 Å². The molecule has 32 atom stereocenters. The van der Waals surface area contributed by atoms with Crippen LogP contribution in [-0.2, 0) is 71.2 Å². The maximum Gasteiger partial charge on any atom is 0.220 e. The first kappa shape index (κ1) is 99.8. The van der Waals surface area contributed by atoms with E-state index in [1.54, 1.807) is 6.08 Å². The molecule has 0 spiro atoms. The Labute approximate surface area is 669 Å². The van der Waals surface area contributed by atoms with Gasteiger partial charge in [0.15, 0.2) is 37.7 Å². The molecule has 0 bridgehead atoms. The van der Waals surface area contributed by atoms with Crippen LogP contribution in [-0.4, -0.2) is 352 Å². The first-order chi connectivity index (χ1) is 54.8. The zero-order valence-corrected chi connectivity index (χ0v) is 67.0. The van der Waals surface area contributed by atoms with Crippen molar-refractivity contribution < 1.29 is 163 Å². The Morgan fingerprint density at radius 2 is 0.658 bits per heavy atom. The van der Waals surface area contributed by atoms with Gasteiger partial charge >= 0.3 is 0 Å². The summed E-state index contributed by atoms with van der Waals surface area (Å²) in [5.74, 6) is -1.97. The van der Waals surface area contributed by atoms with Gasteiger partial charge in [0.1, 0.15) is 146 Å². The molecule has 0 aromatic carbocycles. The number of carbonyl (C=O) groups excluding carboxylic acids is 3. The van der Waals surface area contributed by atoms with Crippen molar-refractivity contribution in [3.63, 3.8) is 0 Å². The van der Waals surface area contributed by atoms with E-state index in [1.807, 2.05) is 6.08 Å². The van der Waals surface area contributed by atoms with E-state index in [0.29, 0.717) is 12.8 Å². The van der Waals surface area contributed by atoms with Crippen LogP contribution in [0.2, 0.25) is 0 Å². The van der Waals surface area contributed by atoms with Gasteiger partial charge in [-0.25, -0.2) is 0 Å². The molecule has 3 amide bonds. The number of aliphatic hydroxyl groups excluding tert-OH is 18. The van der Waals surface area contributed by atoms with Gasteiger partial charge in [0.2, 0.25) is 17.7 Å². The van der Waals surface area contributed by atoms with Crippen molar-refractivity contribution >= 4 is 17.7 Å². The number of rotatable bonds is 54. The number of hydrogen-bond donors (Lipinski definition) is 21. The van der Waals surface area contributed by atoms with Crippen LogP contribution in [0, 0.1) is 0 Å². The van der Waals surface area contributed by atoms with E-state index in [1.165, 1.54) is 122 Å². The van der Waals surface area contributed by atoms with Gasteiger partial charge in [-0.2, -0.15) is 0 Å². The molecule has 0 saturated carbocycles. The zero-order valence-electron chi connectivity index (χ0n) is 67.0. The average molecular weight is 1650 g/mol. The van der Waals surface area contributed by atoms with Gasteiger partial charge in [0.25, 0.3) is 0 Å². The summed E-state index contributed by atoms with van der Waals surface area (Å²) >= 11 is 0. The molecule has 36 nitrogen and oxygen atoms in total. The Morgan fingerprint density at radius 1 is 0.342 bits per heavy atom. The van der Waals surface area contributed by atoms with E-state index in [9.17, 15) is 106 Å². The Balaban J connectivity index is 1.08. The van der Waals surface area contributed by atoms with Crippen molar-refractivity contribution in [1.29, 1.82) is 0 Å². The SMILES string of the molecule is CCCCCCCCCCCCC/C=C/[C@@H](O)[C@H](CO[C@@H]1OC(CO)[C@@H](O[C@@H]2OC(CO)[C@H](O[C@@H]3OC(CO)[C@H](O)[C@H](O[C@@H]4OC(CO)[C@H](O)[C@H](O[C@H]5OC(CO)[C@H](O)[C@H](O[C@@H]6OC(CO)[C@H](O)[C@H](O)C6NC(C)=O)C5O)C4O)C3NC(C)=O)[C@H](O)C2O)[C@H](O)C1O)NC(=O)CCCCCCCCCCCCCCCCCCC. The Morgan fingerprint density at radius 3 is 1.09 bits per heavy atom. The van der Waals surface area contributed by atoms with Gasteiger partial charge in [-0.05, 0) is 19.3 Å². The fourth-order valence-electron chi connectivity index (χ4n) is 15.4. The topological polar surface area (TPSA) is 562 Å². The molecular formula is C78H141N3O33. The number of amides is 3. The maximum absolute atomic E-state index is 13.5. The second kappa shape index (κ2) is 53.7. The quantitative estimate of drug-likeness (QED) is 0.0240. The monoisotopic (exact) mass is 1650 g/mol. The third-order valence-corrected chi connectivity index (χ3v) is 22.2. The molecule has 0 radical (unpaired) electrons. The lowest BCUT2D eigenvalue weighted by Crippen LogP contribution is -2.70. The average Bonchev–Trinajstić information content (AvgIpc) is 0.770. The van der Waals surface area contributed by atoms with E-state index in [0.717, 1.165) is 65.2 Å². The summed E-state index contributed by atoms with van der Waals surface area (Å²) in [4.78, 5) is 38.8. The van der Waals surface area contributed by atoms with Gasteiger partial charge in [-0.3, -0.25) is 14.4 Å². The Hall–Kier alpha value is -3.05. The maximum atomic E-state index is 13.5. The second-order valence-electron chi connectivity index (χ2n) is 31.4. The molecule has 6 rings (SSSR count). The molecule has 6 aliphatic heterocycles. The minimum Gasteiger partial charge on any atom is -0.394 e. The number of unbranched alkanes of at least 4 members (excludes halogenated alkanes) is 27. The van der Waals surface area contributed by atoms with Crippen molar-refractivity contribution in [2.45, 2.75) is 417 Å². The molecule has 6 heterocycles. The number of carbonyl (C=O) groups is 3. The van der Waals surface area contributed by atoms with Gasteiger partial charge in [0, 0.05) is 20.3 Å². The predicted molar refractivity (Wildman–Crippen MR) is 403 cm³/mol. The highest BCUT2D eigenvalue weighted by atomic mass is 16.8. The van der Waals surface area contributed by atoms with Crippen molar-refractivity contribution in [3.05, 3.63) is 12.2 Å². The normalized spacial score (nSPS) is 36.8. The molecule has 0 aliphatic carbocycles. The van der Waals surface area contributed by atoms with Crippen molar-refractivity contribution in [2.24, 2.45) is 0 Å². The summed E-state index contributed by atoms with van der Waals surface area (Å²) in [7, 11) is 0. The third-order valence-electron chi connectivity index (χ3n) is 22.2. The van der Waals surface area contributed by atoms with E-state index >= 15 is 0 Å². The Bertz CT molecular complexity index is 2630. The van der Waals surface area contributed by atoms with E-state index in [-0.39, 0.29) is 12.3 Å². The van der Waals surface area contributed by atoms with Crippen molar-refractivity contribution in [3.8, 4) is 0 Å². The first-order valence-electron chi connectivity index (χ1n) is 42.0. The number of nitrogens with one attached hydrogen (secondary N) is 3. The third kappa shape index (κ3) is 30.5. The summed E-state index contributed by atoms with van der Waals surface area (Å²) < 4.78 is 70.8. The van der Waals surface area contributed by atoms with E-state index in [2.05, 4.69) is 29.8 Å². The lowest BCUT2D eigenvalue weighted by atomic mass is 9.94. The van der Waals surface area contributed by atoms with Crippen molar-refractivity contribution in [1.82, 2.24) is 16.0 Å². The zero-order chi connectivity index (χ0) is 83.4. The molecular weight excluding hydrogens is 1510 g/mol. The Kier molecular flexibility index (Phi) is 47.0. The highest BCUT2D eigenvalue weighted by Crippen LogP contribution is 2.38. The molecule has 12 unspecified atom stereocenters. The fourth-order valence-corrected chi connectivity index (χ4v) is 15.4. The molecule has 0 aromatic heterocycles. The highest BCUT2D eigenvalue weighted by molar-refractivity contribution is 5.76. The number of aliphatic hydroxyl groups is 18. The van der Waals surface area contributed by atoms with Crippen LogP contribution in [0.15, 0.2) is 12.2 Å². The highest BCUT2D eigenvalue weighted by Gasteiger charge is 2.59. The summed E-state index contributed by atoms with van der Waals surface area (Å²) in [5, 5.41) is 209. The molecule has 21 N–H and O–H groups in total. The van der Waals surface area contributed by atoms with Crippen LogP contribution < -0.4 is 16.0 Å². The van der Waals surface area contributed by atoms with Crippen LogP contribution >= 0.6 is 0 Å². The van der Waals surface area contributed by atoms with E-state index in [4.69, 9.17) is 56.8 Å². The van der Waals surface area contributed by atoms with Gasteiger partial charge in [0.05, 0.1) is 58.4 Å². The minimum absolute atomic E-state index is 0.180. The molecule has 0 aromatic rings. The van der Waals surface area contributed by atoms with Crippen LogP contribution in [0.4, 0.5) is 0 Å². The predicted octanol–water partition coefficient (Wildman–Crippen LogP) is -1.64. The lowest BCUT2D eigenvalue weighted by Gasteiger charge is -2.51. The summed E-state index contributed by atoms with van der Waals surface area (Å²) in [6, 6.07) is -4.49. The summed E-state index contributed by atoms with van der Waals surface area (Å²) in [6.45, 7) is 0.0825. The lowest BCUT2D eigenvalue weighted by molar-refractivity contribution is -0.389. The number of allylic oxidation sites excluding steroid dienone is 1. The molecule has 36 heteroatoms. The van der Waals surface area contributed by atoms with Gasteiger partial charge in [-0.15, -0.1) is 0 Å². The van der Waals surface area contributed by atoms with Crippen molar-refractivity contribution in [2.75, 3.05) is 46.2 Å². The number of hydrogen-bond acceptors (Lipinski definition) is 33. The molecule has 114 heavy (non-hydrogen) atoms. The molecule has 6 aliphatic rings. The van der Waals surface area contributed by atoms with Gasteiger partial charge in [-0.1, -0.05) is 193 Å². The van der Waals surface area contributed by atoms with Gasteiger partial charge < -0.3 is 165 Å². The minimum atomic E-state index is -2.29. The summed E-state index contributed by atoms with van der Waals surface area (Å²) in [6.07, 6.45) is -18.3. The molecule has 6 fully saturated rings. The van der Waals surface area contributed by atoms with Crippen LogP contribution in [0.3, 0.4) is 0 Å². The number of ether oxygens (including phenoxy) is 12. The van der Waals surface area contributed by atoms with Crippen LogP contribution in [0.25, 0.3) is 0 Å². The first-order valence-corrected chi connectivity index (χ1v) is 42.0.